The van der Waals surface area contributed by atoms with Gasteiger partial charge in [-0.25, -0.2) is 0 Å². The van der Waals surface area contributed by atoms with Crippen LogP contribution in [0.25, 0.3) is 0 Å². The molecule has 2 heterocycles. The molecule has 0 spiro atoms. The summed E-state index contributed by atoms with van der Waals surface area (Å²) in [5, 5.41) is 3.30. The smallest absolute Gasteiger partial charge is 0.324 e. The number of esters is 1. The molecule has 0 aliphatic carbocycles. The molecular formula is C12H22N2O2S. The number of hydrogen-bond acceptors (Lipinski definition) is 5. The summed E-state index contributed by atoms with van der Waals surface area (Å²) < 4.78 is 5.18. The predicted molar refractivity (Wildman–Crippen MR) is 70.3 cm³/mol. The maximum Gasteiger partial charge on any atom is 0.324 e. The van der Waals surface area contributed by atoms with Crippen molar-refractivity contribution in [3.8, 4) is 0 Å². The number of ether oxygens (including phenoxy) is 1. The van der Waals surface area contributed by atoms with Gasteiger partial charge in [0.1, 0.15) is 6.04 Å². The van der Waals surface area contributed by atoms with Gasteiger partial charge in [-0.15, -0.1) is 0 Å². The summed E-state index contributed by atoms with van der Waals surface area (Å²) in [6.07, 6.45) is 2.42. The summed E-state index contributed by atoms with van der Waals surface area (Å²) >= 11 is 2.02. The number of thioether (sulfide) groups is 1. The van der Waals surface area contributed by atoms with Crippen LogP contribution in [0.2, 0.25) is 0 Å². The van der Waals surface area contributed by atoms with Crippen LogP contribution in [-0.2, 0) is 9.53 Å². The van der Waals surface area contributed by atoms with E-state index in [2.05, 4.69) is 10.2 Å². The molecule has 5 heteroatoms. The second-order valence-electron chi connectivity index (χ2n) is 4.55. The number of carbonyl (C=O) groups excluding carboxylic acids is 1. The Labute approximate surface area is 107 Å². The zero-order valence-electron chi connectivity index (χ0n) is 10.5. The van der Waals surface area contributed by atoms with E-state index in [4.69, 9.17) is 4.74 Å². The number of nitrogens with one attached hydrogen (secondary N) is 1. The minimum Gasteiger partial charge on any atom is -0.465 e. The summed E-state index contributed by atoms with van der Waals surface area (Å²) in [6, 6.07) is 0.504. The van der Waals surface area contributed by atoms with Crippen molar-refractivity contribution in [1.82, 2.24) is 10.2 Å². The summed E-state index contributed by atoms with van der Waals surface area (Å²) in [4.78, 5) is 14.3. The third-order valence-corrected chi connectivity index (χ3v) is 4.55. The molecule has 0 aromatic heterocycles. The van der Waals surface area contributed by atoms with Gasteiger partial charge in [0.2, 0.25) is 0 Å². The lowest BCUT2D eigenvalue weighted by Crippen LogP contribution is -2.59. The van der Waals surface area contributed by atoms with E-state index in [1.807, 2.05) is 18.7 Å². The van der Waals surface area contributed by atoms with E-state index in [1.54, 1.807) is 0 Å². The fourth-order valence-corrected chi connectivity index (χ4v) is 3.71. The van der Waals surface area contributed by atoms with Crippen LogP contribution in [-0.4, -0.2) is 60.7 Å². The standard InChI is InChI=1S/C12H22N2O2S/c1-2-16-12(15)11-9-13-5-6-14(11)10-3-7-17-8-4-10/h10-11,13H,2-9H2,1H3. The largest absolute Gasteiger partial charge is 0.465 e. The van der Waals surface area contributed by atoms with Crippen molar-refractivity contribution in [3.63, 3.8) is 0 Å². The third-order valence-electron chi connectivity index (χ3n) is 3.50. The van der Waals surface area contributed by atoms with Gasteiger partial charge in [-0.2, -0.15) is 11.8 Å². The first-order chi connectivity index (χ1) is 8.33. The highest BCUT2D eigenvalue weighted by molar-refractivity contribution is 7.99. The van der Waals surface area contributed by atoms with E-state index in [0.717, 1.165) is 19.6 Å². The summed E-state index contributed by atoms with van der Waals surface area (Å²) in [5.41, 5.74) is 0. The molecule has 0 aromatic carbocycles. The van der Waals surface area contributed by atoms with Gasteiger partial charge in [0, 0.05) is 25.7 Å². The molecule has 2 fully saturated rings. The first-order valence-corrected chi connectivity index (χ1v) is 7.69. The van der Waals surface area contributed by atoms with E-state index in [9.17, 15) is 4.79 Å². The van der Waals surface area contributed by atoms with Crippen LogP contribution in [0.15, 0.2) is 0 Å². The van der Waals surface area contributed by atoms with Gasteiger partial charge < -0.3 is 10.1 Å². The molecule has 1 atom stereocenters. The van der Waals surface area contributed by atoms with Crippen molar-refractivity contribution < 1.29 is 9.53 Å². The van der Waals surface area contributed by atoms with Crippen LogP contribution in [0, 0.1) is 0 Å². The molecule has 2 aliphatic rings. The first kappa shape index (κ1) is 13.2. The second kappa shape index (κ2) is 6.61. The van der Waals surface area contributed by atoms with Crippen molar-refractivity contribution in [2.24, 2.45) is 0 Å². The third kappa shape index (κ3) is 3.36. The van der Waals surface area contributed by atoms with Crippen molar-refractivity contribution in [1.29, 1.82) is 0 Å². The Morgan fingerprint density at radius 2 is 2.24 bits per heavy atom. The highest BCUT2D eigenvalue weighted by Crippen LogP contribution is 2.24. The first-order valence-electron chi connectivity index (χ1n) is 6.53. The van der Waals surface area contributed by atoms with Crippen LogP contribution in [0.5, 0.6) is 0 Å². The number of rotatable bonds is 3. The summed E-state index contributed by atoms with van der Waals surface area (Å²) in [7, 11) is 0. The zero-order valence-corrected chi connectivity index (χ0v) is 11.3. The molecule has 1 N–H and O–H groups in total. The average Bonchev–Trinajstić information content (AvgIpc) is 2.40. The molecule has 2 rings (SSSR count). The van der Waals surface area contributed by atoms with Gasteiger partial charge in [-0.3, -0.25) is 9.69 Å². The van der Waals surface area contributed by atoms with Crippen LogP contribution in [0.3, 0.4) is 0 Å². The molecule has 17 heavy (non-hydrogen) atoms. The van der Waals surface area contributed by atoms with Gasteiger partial charge in [0.05, 0.1) is 6.61 Å². The molecule has 2 saturated heterocycles. The lowest BCUT2D eigenvalue weighted by molar-refractivity contribution is -0.151. The Morgan fingerprint density at radius 1 is 1.47 bits per heavy atom. The Balaban J connectivity index is 1.97. The molecule has 0 bridgehead atoms. The van der Waals surface area contributed by atoms with Crippen molar-refractivity contribution in [3.05, 3.63) is 0 Å². The SMILES string of the molecule is CCOC(=O)C1CNCCN1C1CCSCC1. The fourth-order valence-electron chi connectivity index (χ4n) is 2.63. The molecule has 0 amide bonds. The highest BCUT2D eigenvalue weighted by atomic mass is 32.2. The van der Waals surface area contributed by atoms with E-state index < -0.39 is 0 Å². The molecule has 0 aromatic rings. The Kier molecular flexibility index (Phi) is 5.13. The minimum absolute atomic E-state index is 0.0575. The van der Waals surface area contributed by atoms with Crippen LogP contribution >= 0.6 is 11.8 Å². The number of hydrogen-bond donors (Lipinski definition) is 1. The maximum absolute atomic E-state index is 11.9. The second-order valence-corrected chi connectivity index (χ2v) is 5.78. The van der Waals surface area contributed by atoms with Gasteiger partial charge in [-0.05, 0) is 31.3 Å². The lowest BCUT2D eigenvalue weighted by Gasteiger charge is -2.41. The highest BCUT2D eigenvalue weighted by Gasteiger charge is 2.34. The zero-order chi connectivity index (χ0) is 12.1. The van der Waals surface area contributed by atoms with Crippen molar-refractivity contribution in [2.75, 3.05) is 37.7 Å². The van der Waals surface area contributed by atoms with E-state index in [-0.39, 0.29) is 12.0 Å². The Morgan fingerprint density at radius 3 is 2.94 bits per heavy atom. The van der Waals surface area contributed by atoms with Crippen LogP contribution in [0.4, 0.5) is 0 Å². The molecular weight excluding hydrogens is 236 g/mol. The van der Waals surface area contributed by atoms with Gasteiger partial charge >= 0.3 is 5.97 Å². The summed E-state index contributed by atoms with van der Waals surface area (Å²) in [6.45, 7) is 5.04. The Hall–Kier alpha value is -0.260. The molecule has 98 valence electrons. The fraction of sp³-hybridized carbons (Fsp3) is 0.917. The summed E-state index contributed by atoms with van der Waals surface area (Å²) in [5.74, 6) is 2.40. The van der Waals surface area contributed by atoms with Gasteiger partial charge in [0.25, 0.3) is 0 Å². The topological polar surface area (TPSA) is 41.6 Å². The monoisotopic (exact) mass is 258 g/mol. The molecule has 1 unspecified atom stereocenters. The minimum atomic E-state index is -0.0724. The normalized spacial score (nSPS) is 27.9. The Bertz CT molecular complexity index is 257. The predicted octanol–water partition coefficient (Wildman–Crippen LogP) is 0.719. The quantitative estimate of drug-likeness (QED) is 0.756. The van der Waals surface area contributed by atoms with E-state index in [0.29, 0.717) is 12.6 Å². The number of nitrogens with zero attached hydrogens (tertiary/aromatic N) is 1. The molecule has 0 radical (unpaired) electrons. The van der Waals surface area contributed by atoms with Gasteiger partial charge in [-0.1, -0.05) is 0 Å². The number of piperazine rings is 1. The maximum atomic E-state index is 11.9. The molecule has 2 aliphatic heterocycles. The molecule has 4 nitrogen and oxygen atoms in total. The van der Waals surface area contributed by atoms with Crippen LogP contribution in [0.1, 0.15) is 19.8 Å². The number of carbonyl (C=O) groups is 1. The van der Waals surface area contributed by atoms with Crippen LogP contribution < -0.4 is 5.32 Å². The average molecular weight is 258 g/mol. The lowest BCUT2D eigenvalue weighted by atomic mass is 10.0. The van der Waals surface area contributed by atoms with E-state index in [1.165, 1.54) is 24.3 Å². The van der Waals surface area contributed by atoms with Gasteiger partial charge in [0.15, 0.2) is 0 Å². The van der Waals surface area contributed by atoms with Crippen molar-refractivity contribution in [2.45, 2.75) is 31.8 Å². The van der Waals surface area contributed by atoms with E-state index >= 15 is 0 Å². The molecule has 0 saturated carbocycles. The van der Waals surface area contributed by atoms with Crippen molar-refractivity contribution >= 4 is 17.7 Å².